The number of likely N-dealkylation sites (tertiary alicyclic amines) is 1. The lowest BCUT2D eigenvalue weighted by atomic mass is 10.2. The highest BCUT2D eigenvalue weighted by Crippen LogP contribution is 2.17. The van der Waals surface area contributed by atoms with E-state index in [1.54, 1.807) is 0 Å². The van der Waals surface area contributed by atoms with E-state index in [0.29, 0.717) is 6.04 Å². The lowest BCUT2D eigenvalue weighted by Gasteiger charge is -2.32. The highest BCUT2D eigenvalue weighted by atomic mass is 16.5. The van der Waals surface area contributed by atoms with Crippen LogP contribution >= 0.6 is 0 Å². The van der Waals surface area contributed by atoms with Crippen LogP contribution in [-0.2, 0) is 4.74 Å². The third-order valence-corrected chi connectivity index (χ3v) is 3.94. The summed E-state index contributed by atoms with van der Waals surface area (Å²) < 4.78 is 5.41. The van der Waals surface area contributed by atoms with Crippen LogP contribution in [0.2, 0.25) is 0 Å². The quantitative estimate of drug-likeness (QED) is 0.762. The molecule has 2 unspecified atom stereocenters. The van der Waals surface area contributed by atoms with Gasteiger partial charge in [-0.25, -0.2) is 0 Å². The minimum Gasteiger partial charge on any atom is -0.379 e. The van der Waals surface area contributed by atoms with Crippen LogP contribution in [0.3, 0.4) is 0 Å². The Morgan fingerprint density at radius 2 is 2.06 bits per heavy atom. The first-order valence-electron chi connectivity index (χ1n) is 7.05. The van der Waals surface area contributed by atoms with Gasteiger partial charge in [-0.3, -0.25) is 4.90 Å². The van der Waals surface area contributed by atoms with Gasteiger partial charge >= 0.3 is 0 Å². The van der Waals surface area contributed by atoms with E-state index in [-0.39, 0.29) is 0 Å². The van der Waals surface area contributed by atoms with E-state index in [0.717, 1.165) is 38.8 Å². The molecule has 0 radical (unpaired) electrons. The van der Waals surface area contributed by atoms with Crippen molar-refractivity contribution < 1.29 is 4.74 Å². The molecule has 2 aliphatic rings. The van der Waals surface area contributed by atoms with Gasteiger partial charge in [0.2, 0.25) is 0 Å². The molecule has 0 amide bonds. The van der Waals surface area contributed by atoms with Crippen molar-refractivity contribution in [2.24, 2.45) is 5.73 Å². The molecular formula is C13H27N3O. The molecule has 2 fully saturated rings. The summed E-state index contributed by atoms with van der Waals surface area (Å²) in [6.07, 6.45) is 3.73. The van der Waals surface area contributed by atoms with Gasteiger partial charge in [0.1, 0.15) is 0 Å². The number of hydrogen-bond acceptors (Lipinski definition) is 4. The second kappa shape index (κ2) is 6.69. The van der Waals surface area contributed by atoms with Gasteiger partial charge in [0.15, 0.2) is 0 Å². The third-order valence-electron chi connectivity index (χ3n) is 3.94. The van der Waals surface area contributed by atoms with E-state index in [4.69, 9.17) is 10.5 Å². The van der Waals surface area contributed by atoms with Crippen molar-refractivity contribution in [2.75, 3.05) is 45.9 Å². The van der Waals surface area contributed by atoms with Gasteiger partial charge < -0.3 is 15.4 Å². The average molecular weight is 241 g/mol. The molecule has 2 rings (SSSR count). The lowest BCUT2D eigenvalue weighted by molar-refractivity contribution is 0.0185. The fraction of sp³-hybridized carbons (Fsp3) is 1.00. The highest BCUT2D eigenvalue weighted by Gasteiger charge is 2.28. The van der Waals surface area contributed by atoms with Crippen molar-refractivity contribution in [3.8, 4) is 0 Å². The smallest absolute Gasteiger partial charge is 0.0594 e. The fourth-order valence-electron chi connectivity index (χ4n) is 2.89. The van der Waals surface area contributed by atoms with Crippen LogP contribution in [0.4, 0.5) is 0 Å². The van der Waals surface area contributed by atoms with Crippen molar-refractivity contribution in [3.05, 3.63) is 0 Å². The van der Waals surface area contributed by atoms with Crippen molar-refractivity contribution in [3.63, 3.8) is 0 Å². The van der Waals surface area contributed by atoms with Gasteiger partial charge in [-0.1, -0.05) is 0 Å². The third kappa shape index (κ3) is 4.21. The summed E-state index contributed by atoms with van der Waals surface area (Å²) >= 11 is 0. The van der Waals surface area contributed by atoms with Crippen molar-refractivity contribution in [2.45, 2.75) is 38.3 Å². The maximum absolute atomic E-state index is 5.78. The molecule has 2 atom stereocenters. The predicted molar refractivity (Wildman–Crippen MR) is 70.1 cm³/mol. The van der Waals surface area contributed by atoms with Crippen molar-refractivity contribution in [1.82, 2.24) is 9.80 Å². The standard InChI is InChI=1S/C13H27N3O/c1-12(14)3-2-5-15-6-4-13(11-15)16-7-9-17-10-8-16/h12-13H,2-11,14H2,1H3. The maximum Gasteiger partial charge on any atom is 0.0594 e. The second-order valence-corrected chi connectivity index (χ2v) is 5.51. The lowest BCUT2D eigenvalue weighted by Crippen LogP contribution is -2.44. The van der Waals surface area contributed by atoms with Gasteiger partial charge in [-0.15, -0.1) is 0 Å². The van der Waals surface area contributed by atoms with Gasteiger partial charge in [-0.2, -0.15) is 0 Å². The van der Waals surface area contributed by atoms with E-state index in [1.165, 1.54) is 32.5 Å². The van der Waals surface area contributed by atoms with Crippen LogP contribution in [0.25, 0.3) is 0 Å². The van der Waals surface area contributed by atoms with E-state index >= 15 is 0 Å². The first-order chi connectivity index (χ1) is 8.25. The molecule has 100 valence electrons. The molecule has 0 aromatic carbocycles. The SMILES string of the molecule is CC(N)CCCN1CCC(N2CCOCC2)C1. The number of rotatable bonds is 5. The Kier molecular flexibility index (Phi) is 5.22. The summed E-state index contributed by atoms with van der Waals surface area (Å²) in [6.45, 7) is 9.92. The van der Waals surface area contributed by atoms with Crippen LogP contribution in [0.5, 0.6) is 0 Å². The zero-order valence-corrected chi connectivity index (χ0v) is 11.1. The topological polar surface area (TPSA) is 41.7 Å². The van der Waals surface area contributed by atoms with Gasteiger partial charge in [0.05, 0.1) is 13.2 Å². The summed E-state index contributed by atoms with van der Waals surface area (Å²) in [5, 5.41) is 0. The molecule has 0 saturated carbocycles. The largest absolute Gasteiger partial charge is 0.379 e. The monoisotopic (exact) mass is 241 g/mol. The summed E-state index contributed by atoms with van der Waals surface area (Å²) in [6, 6.07) is 1.13. The Morgan fingerprint density at radius 1 is 1.29 bits per heavy atom. The van der Waals surface area contributed by atoms with Crippen molar-refractivity contribution in [1.29, 1.82) is 0 Å². The van der Waals surface area contributed by atoms with E-state index in [9.17, 15) is 0 Å². The molecule has 2 heterocycles. The number of ether oxygens (including phenoxy) is 1. The number of hydrogen-bond donors (Lipinski definition) is 1. The average Bonchev–Trinajstić information content (AvgIpc) is 2.78. The minimum absolute atomic E-state index is 0.354. The van der Waals surface area contributed by atoms with Gasteiger partial charge in [-0.05, 0) is 39.3 Å². The molecule has 17 heavy (non-hydrogen) atoms. The summed E-state index contributed by atoms with van der Waals surface area (Å²) in [4.78, 5) is 5.21. The maximum atomic E-state index is 5.78. The van der Waals surface area contributed by atoms with E-state index in [2.05, 4.69) is 16.7 Å². The van der Waals surface area contributed by atoms with Crippen LogP contribution in [0, 0.1) is 0 Å². The first-order valence-corrected chi connectivity index (χ1v) is 7.05. The molecular weight excluding hydrogens is 214 g/mol. The summed E-state index contributed by atoms with van der Waals surface area (Å²) in [5.74, 6) is 0. The molecule has 2 saturated heterocycles. The number of nitrogens with two attached hydrogens (primary N) is 1. The second-order valence-electron chi connectivity index (χ2n) is 5.51. The zero-order valence-electron chi connectivity index (χ0n) is 11.1. The predicted octanol–water partition coefficient (Wildman–Crippen LogP) is 0.520. The molecule has 0 aromatic heterocycles. The Hall–Kier alpha value is -0.160. The van der Waals surface area contributed by atoms with Crippen LogP contribution in [0.15, 0.2) is 0 Å². The van der Waals surface area contributed by atoms with Crippen LogP contribution in [0.1, 0.15) is 26.2 Å². The van der Waals surface area contributed by atoms with Gasteiger partial charge in [0, 0.05) is 31.7 Å². The number of morpholine rings is 1. The van der Waals surface area contributed by atoms with Crippen molar-refractivity contribution >= 4 is 0 Å². The van der Waals surface area contributed by atoms with Crippen LogP contribution in [-0.4, -0.2) is 67.8 Å². The van der Waals surface area contributed by atoms with E-state index < -0.39 is 0 Å². The molecule has 4 nitrogen and oxygen atoms in total. The Balaban J connectivity index is 1.64. The molecule has 0 aromatic rings. The fourth-order valence-corrected chi connectivity index (χ4v) is 2.89. The summed E-state index contributed by atoms with van der Waals surface area (Å²) in [5.41, 5.74) is 5.78. The molecule has 2 aliphatic heterocycles. The zero-order chi connectivity index (χ0) is 12.1. The molecule has 0 bridgehead atoms. The normalized spacial score (nSPS) is 29.6. The molecule has 0 aliphatic carbocycles. The Labute approximate surface area is 105 Å². The first kappa shape index (κ1) is 13.3. The Bertz CT molecular complexity index is 217. The van der Waals surface area contributed by atoms with Gasteiger partial charge in [0.25, 0.3) is 0 Å². The number of nitrogens with zero attached hydrogens (tertiary/aromatic N) is 2. The van der Waals surface area contributed by atoms with E-state index in [1.807, 2.05) is 0 Å². The Morgan fingerprint density at radius 3 is 2.76 bits per heavy atom. The highest BCUT2D eigenvalue weighted by molar-refractivity contribution is 4.84. The van der Waals surface area contributed by atoms with Crippen LogP contribution < -0.4 is 5.73 Å². The molecule has 0 spiro atoms. The minimum atomic E-state index is 0.354. The molecule has 4 heteroatoms. The molecule has 2 N–H and O–H groups in total. The summed E-state index contributed by atoms with van der Waals surface area (Å²) in [7, 11) is 0.